The molecule has 0 aliphatic rings. The molecule has 5 heteroatoms. The van der Waals surface area contributed by atoms with Crippen LogP contribution in [0.4, 0.5) is 0 Å². The summed E-state index contributed by atoms with van der Waals surface area (Å²) in [6.45, 7) is 4.24. The van der Waals surface area contributed by atoms with Gasteiger partial charge in [-0.05, 0) is 44.9 Å². The second-order valence-corrected chi connectivity index (χ2v) is 14.6. The van der Waals surface area contributed by atoms with E-state index in [-0.39, 0.29) is 18.9 Å². The summed E-state index contributed by atoms with van der Waals surface area (Å²) in [5.74, 6) is -0.289. The molecule has 0 bridgehead atoms. The Bertz CT molecular complexity index is 709. The van der Waals surface area contributed by atoms with Gasteiger partial charge in [0.15, 0.2) is 0 Å². The zero-order chi connectivity index (χ0) is 35.2. The van der Waals surface area contributed by atoms with Crippen molar-refractivity contribution in [2.75, 3.05) is 6.61 Å². The smallest absolute Gasteiger partial charge is 0.222 e. The van der Waals surface area contributed by atoms with Gasteiger partial charge in [0.05, 0.1) is 31.3 Å². The molecule has 0 spiro atoms. The van der Waals surface area contributed by atoms with E-state index in [2.05, 4.69) is 43.5 Å². The van der Waals surface area contributed by atoms with Crippen molar-refractivity contribution in [3.8, 4) is 0 Å². The standard InChI is InChI=1S/C43H83NO4/c1-3-5-7-9-11-13-15-16-17-18-19-20-21-22-23-24-25-26-27-28-30-32-34-36-40(46)38-43(48)44-41(39-45)42(47)37-35-33-31-29-14-12-10-8-6-4-2/h19-20,22-23,40-42,45-47H,3-18,21,24-39H2,1-2H3,(H,44,48)/b20-19-,23-22-. The van der Waals surface area contributed by atoms with Gasteiger partial charge in [0.1, 0.15) is 0 Å². The van der Waals surface area contributed by atoms with Crippen molar-refractivity contribution in [2.45, 2.75) is 238 Å². The van der Waals surface area contributed by atoms with E-state index in [4.69, 9.17) is 0 Å². The average Bonchev–Trinajstić information content (AvgIpc) is 3.08. The maximum absolute atomic E-state index is 12.4. The molecule has 0 rings (SSSR count). The van der Waals surface area contributed by atoms with Crippen molar-refractivity contribution < 1.29 is 20.1 Å². The van der Waals surface area contributed by atoms with Gasteiger partial charge in [-0.1, -0.05) is 192 Å². The van der Waals surface area contributed by atoms with Crippen LogP contribution in [0.25, 0.3) is 0 Å². The van der Waals surface area contributed by atoms with E-state index in [1.54, 1.807) is 0 Å². The van der Waals surface area contributed by atoms with E-state index in [1.807, 2.05) is 0 Å². The van der Waals surface area contributed by atoms with Crippen LogP contribution in [0, 0.1) is 0 Å². The molecule has 0 heterocycles. The molecule has 48 heavy (non-hydrogen) atoms. The molecule has 1 amide bonds. The van der Waals surface area contributed by atoms with Crippen molar-refractivity contribution >= 4 is 5.91 Å². The van der Waals surface area contributed by atoms with Gasteiger partial charge in [0.25, 0.3) is 0 Å². The first-order chi connectivity index (χ1) is 23.5. The van der Waals surface area contributed by atoms with Crippen molar-refractivity contribution in [1.29, 1.82) is 0 Å². The van der Waals surface area contributed by atoms with Gasteiger partial charge >= 0.3 is 0 Å². The molecule has 5 nitrogen and oxygen atoms in total. The fraction of sp³-hybridized carbons (Fsp3) is 0.884. The molecule has 0 fully saturated rings. The van der Waals surface area contributed by atoms with Gasteiger partial charge in [-0.25, -0.2) is 0 Å². The van der Waals surface area contributed by atoms with E-state index < -0.39 is 18.2 Å². The highest BCUT2D eigenvalue weighted by Gasteiger charge is 2.21. The summed E-state index contributed by atoms with van der Waals surface area (Å²) in [6, 6.07) is -0.658. The van der Waals surface area contributed by atoms with Crippen LogP contribution in [-0.4, -0.2) is 46.1 Å². The predicted molar refractivity (Wildman–Crippen MR) is 208 cm³/mol. The minimum absolute atomic E-state index is 0.0318. The molecule has 0 saturated heterocycles. The highest BCUT2D eigenvalue weighted by atomic mass is 16.3. The van der Waals surface area contributed by atoms with Crippen molar-refractivity contribution in [3.63, 3.8) is 0 Å². The number of hydrogen-bond donors (Lipinski definition) is 4. The van der Waals surface area contributed by atoms with Crippen LogP contribution in [0.5, 0.6) is 0 Å². The number of unbranched alkanes of at least 4 members (excludes halogenated alkanes) is 25. The number of amides is 1. The zero-order valence-electron chi connectivity index (χ0n) is 32.1. The number of aliphatic hydroxyl groups excluding tert-OH is 3. The first-order valence-corrected chi connectivity index (χ1v) is 21.1. The molecule has 0 aromatic carbocycles. The maximum Gasteiger partial charge on any atom is 0.222 e. The molecule has 284 valence electrons. The summed E-state index contributed by atoms with van der Waals surface area (Å²) >= 11 is 0. The molecular weight excluding hydrogens is 594 g/mol. The van der Waals surface area contributed by atoms with Crippen molar-refractivity contribution in [2.24, 2.45) is 0 Å². The Morgan fingerprint density at radius 1 is 0.521 bits per heavy atom. The van der Waals surface area contributed by atoms with E-state index in [9.17, 15) is 20.1 Å². The number of allylic oxidation sites excluding steroid dienone is 4. The van der Waals surface area contributed by atoms with Gasteiger partial charge in [0, 0.05) is 0 Å². The Balaban J connectivity index is 3.61. The third kappa shape index (κ3) is 34.7. The summed E-state index contributed by atoms with van der Waals surface area (Å²) in [5.41, 5.74) is 0. The SMILES string of the molecule is CCCCCCCCCCC/C=C\C/C=C\CCCCCCCCCC(O)CC(=O)NC(CO)C(O)CCCCCCCCCCCC. The Morgan fingerprint density at radius 2 is 0.896 bits per heavy atom. The van der Waals surface area contributed by atoms with Gasteiger partial charge in [0.2, 0.25) is 5.91 Å². The first-order valence-electron chi connectivity index (χ1n) is 21.1. The second kappa shape index (κ2) is 38.6. The summed E-state index contributed by atoms with van der Waals surface area (Å²) in [4.78, 5) is 12.4. The molecule has 3 unspecified atom stereocenters. The number of carbonyl (C=O) groups is 1. The Hall–Kier alpha value is -1.17. The quantitative estimate of drug-likeness (QED) is 0.0387. The fourth-order valence-corrected chi connectivity index (χ4v) is 6.49. The molecule has 3 atom stereocenters. The lowest BCUT2D eigenvalue weighted by atomic mass is 10.0. The summed E-state index contributed by atoms with van der Waals surface area (Å²) in [6.07, 6.45) is 45.7. The van der Waals surface area contributed by atoms with Crippen LogP contribution in [0.1, 0.15) is 219 Å². The van der Waals surface area contributed by atoms with E-state index in [1.165, 1.54) is 154 Å². The van der Waals surface area contributed by atoms with Crippen LogP contribution in [0.15, 0.2) is 24.3 Å². The van der Waals surface area contributed by atoms with Crippen LogP contribution in [0.2, 0.25) is 0 Å². The number of hydrogen-bond acceptors (Lipinski definition) is 4. The first kappa shape index (κ1) is 46.8. The van der Waals surface area contributed by atoms with Gasteiger partial charge in [-0.3, -0.25) is 4.79 Å². The lowest BCUT2D eigenvalue weighted by molar-refractivity contribution is -0.125. The monoisotopic (exact) mass is 678 g/mol. The van der Waals surface area contributed by atoms with E-state index in [0.29, 0.717) is 12.8 Å². The van der Waals surface area contributed by atoms with E-state index in [0.717, 1.165) is 32.1 Å². The average molecular weight is 678 g/mol. The van der Waals surface area contributed by atoms with Crippen LogP contribution >= 0.6 is 0 Å². The molecular formula is C43H83NO4. The minimum atomic E-state index is -0.748. The highest BCUT2D eigenvalue weighted by Crippen LogP contribution is 2.15. The number of nitrogens with one attached hydrogen (secondary N) is 1. The number of carbonyl (C=O) groups excluding carboxylic acids is 1. The van der Waals surface area contributed by atoms with Crippen molar-refractivity contribution in [1.82, 2.24) is 5.32 Å². The number of rotatable bonds is 38. The molecule has 0 aromatic rings. The minimum Gasteiger partial charge on any atom is -0.394 e. The zero-order valence-corrected chi connectivity index (χ0v) is 32.1. The topological polar surface area (TPSA) is 89.8 Å². The van der Waals surface area contributed by atoms with Crippen LogP contribution in [-0.2, 0) is 4.79 Å². The highest BCUT2D eigenvalue weighted by molar-refractivity contribution is 5.76. The van der Waals surface area contributed by atoms with Gasteiger partial charge in [-0.15, -0.1) is 0 Å². The maximum atomic E-state index is 12.4. The van der Waals surface area contributed by atoms with Crippen LogP contribution < -0.4 is 5.32 Å². The molecule has 0 aliphatic carbocycles. The summed E-state index contributed by atoms with van der Waals surface area (Å²) in [5, 5.41) is 33.2. The summed E-state index contributed by atoms with van der Waals surface area (Å²) in [7, 11) is 0. The fourth-order valence-electron chi connectivity index (χ4n) is 6.49. The van der Waals surface area contributed by atoms with E-state index >= 15 is 0 Å². The number of aliphatic hydroxyl groups is 3. The van der Waals surface area contributed by atoms with Crippen molar-refractivity contribution in [3.05, 3.63) is 24.3 Å². The summed E-state index contributed by atoms with van der Waals surface area (Å²) < 4.78 is 0. The van der Waals surface area contributed by atoms with Gasteiger partial charge < -0.3 is 20.6 Å². The molecule has 0 aliphatic heterocycles. The Morgan fingerprint density at radius 3 is 1.31 bits per heavy atom. The predicted octanol–water partition coefficient (Wildman–Crippen LogP) is 11.8. The lowest BCUT2D eigenvalue weighted by Gasteiger charge is -2.23. The molecule has 0 saturated carbocycles. The third-order valence-electron chi connectivity index (χ3n) is 9.77. The molecule has 0 aromatic heterocycles. The largest absolute Gasteiger partial charge is 0.394 e. The lowest BCUT2D eigenvalue weighted by Crippen LogP contribution is -2.46. The molecule has 4 N–H and O–H groups in total. The second-order valence-electron chi connectivity index (χ2n) is 14.6. The Kier molecular flexibility index (Phi) is 37.7. The normalized spacial score (nSPS) is 13.9. The Labute approximate surface area is 299 Å². The molecule has 0 radical (unpaired) electrons. The van der Waals surface area contributed by atoms with Crippen LogP contribution in [0.3, 0.4) is 0 Å². The van der Waals surface area contributed by atoms with Gasteiger partial charge in [-0.2, -0.15) is 0 Å². The third-order valence-corrected chi connectivity index (χ3v) is 9.77.